The van der Waals surface area contributed by atoms with Crippen LogP contribution in [0.15, 0.2) is 24.3 Å². The summed E-state index contributed by atoms with van der Waals surface area (Å²) in [7, 11) is -3.12. The van der Waals surface area contributed by atoms with Crippen LogP contribution in [0.1, 0.15) is 31.0 Å². The number of nitrogens with one attached hydrogen (secondary N) is 1. The molecule has 20 heavy (non-hydrogen) atoms. The third-order valence-corrected chi connectivity index (χ3v) is 4.94. The largest absolute Gasteiger partial charge is 0.351 e. The van der Waals surface area contributed by atoms with Gasteiger partial charge in [0.25, 0.3) is 0 Å². The summed E-state index contributed by atoms with van der Waals surface area (Å²) in [6, 6.07) is 6.12. The molecule has 0 aliphatic carbocycles. The van der Waals surface area contributed by atoms with Gasteiger partial charge < -0.3 is 11.1 Å². The third-order valence-electron chi connectivity index (χ3n) is 3.05. The van der Waals surface area contributed by atoms with Crippen LogP contribution in [-0.2, 0) is 14.6 Å². The lowest BCUT2D eigenvalue weighted by Crippen LogP contribution is -2.42. The number of sulfone groups is 1. The summed E-state index contributed by atoms with van der Waals surface area (Å²) in [4.78, 5) is 12.0. The normalized spacial score (nSPS) is 14.6. The van der Waals surface area contributed by atoms with Crippen LogP contribution in [0.3, 0.4) is 0 Å². The highest BCUT2D eigenvalue weighted by atomic mass is 32.2. The van der Waals surface area contributed by atoms with E-state index in [1.54, 1.807) is 26.0 Å². The summed E-state index contributed by atoms with van der Waals surface area (Å²) in [5.41, 5.74) is 7.67. The minimum atomic E-state index is -3.12. The smallest absolute Gasteiger partial charge is 0.241 e. The Hall–Kier alpha value is -1.40. The summed E-state index contributed by atoms with van der Waals surface area (Å²) in [5.74, 6) is -0.375. The summed E-state index contributed by atoms with van der Waals surface area (Å²) >= 11 is 0. The maximum atomic E-state index is 12.0. The van der Waals surface area contributed by atoms with Gasteiger partial charge in [0.15, 0.2) is 9.84 Å². The Kier molecular flexibility index (Phi) is 5.71. The van der Waals surface area contributed by atoms with Crippen molar-refractivity contribution in [3.05, 3.63) is 35.4 Å². The first-order chi connectivity index (χ1) is 9.25. The first-order valence-electron chi connectivity index (χ1n) is 6.58. The fourth-order valence-corrected chi connectivity index (χ4v) is 2.88. The van der Waals surface area contributed by atoms with E-state index in [1.807, 2.05) is 19.1 Å². The van der Waals surface area contributed by atoms with E-state index in [4.69, 9.17) is 5.73 Å². The number of carbonyl (C=O) groups excluding carboxylic acids is 1. The Morgan fingerprint density at radius 1 is 1.30 bits per heavy atom. The van der Waals surface area contributed by atoms with Gasteiger partial charge in [-0.3, -0.25) is 4.79 Å². The molecule has 0 radical (unpaired) electrons. The van der Waals surface area contributed by atoms with Gasteiger partial charge in [-0.1, -0.05) is 36.8 Å². The fraction of sp³-hybridized carbons (Fsp3) is 0.500. The summed E-state index contributed by atoms with van der Waals surface area (Å²) in [5, 5.41) is 2.64. The quantitative estimate of drug-likeness (QED) is 0.817. The van der Waals surface area contributed by atoms with Crippen molar-refractivity contribution in [2.45, 2.75) is 32.9 Å². The van der Waals surface area contributed by atoms with E-state index < -0.39 is 21.9 Å². The van der Waals surface area contributed by atoms with Crippen LogP contribution in [-0.4, -0.2) is 31.9 Å². The van der Waals surface area contributed by atoms with Crippen LogP contribution >= 0.6 is 0 Å². The van der Waals surface area contributed by atoms with E-state index in [2.05, 4.69) is 5.32 Å². The predicted octanol–water partition coefficient (Wildman–Crippen LogP) is 0.934. The van der Waals surface area contributed by atoms with Crippen LogP contribution in [0.25, 0.3) is 0 Å². The van der Waals surface area contributed by atoms with Gasteiger partial charge in [-0.2, -0.15) is 0 Å². The number of aryl methyl sites for hydroxylation is 1. The van der Waals surface area contributed by atoms with Crippen LogP contribution in [0.4, 0.5) is 0 Å². The molecule has 1 aromatic rings. The SMILES string of the molecule is CCS(=O)(=O)CC(C)NC(=O)C(N)c1ccc(C)cc1. The Morgan fingerprint density at radius 3 is 2.35 bits per heavy atom. The van der Waals surface area contributed by atoms with Crippen molar-refractivity contribution in [3.8, 4) is 0 Å². The standard InChI is InChI=1S/C14H22N2O3S/c1-4-20(18,19)9-11(3)16-14(17)13(15)12-7-5-10(2)6-8-12/h5-8,11,13H,4,9,15H2,1-3H3,(H,16,17). The molecule has 1 rings (SSSR count). The van der Waals surface area contributed by atoms with Gasteiger partial charge in [0, 0.05) is 11.8 Å². The van der Waals surface area contributed by atoms with Gasteiger partial charge in [0.2, 0.25) is 5.91 Å². The highest BCUT2D eigenvalue weighted by Crippen LogP contribution is 2.11. The van der Waals surface area contributed by atoms with Crippen molar-refractivity contribution in [3.63, 3.8) is 0 Å². The maximum absolute atomic E-state index is 12.0. The molecule has 2 atom stereocenters. The molecule has 0 saturated carbocycles. The molecule has 0 fully saturated rings. The molecular weight excluding hydrogens is 276 g/mol. The predicted molar refractivity (Wildman–Crippen MR) is 80.0 cm³/mol. The second kappa shape index (κ2) is 6.85. The van der Waals surface area contributed by atoms with Crippen LogP contribution in [0.5, 0.6) is 0 Å². The van der Waals surface area contributed by atoms with Crippen LogP contribution in [0, 0.1) is 6.92 Å². The number of nitrogens with two attached hydrogens (primary N) is 1. The van der Waals surface area contributed by atoms with Gasteiger partial charge in [-0.15, -0.1) is 0 Å². The van der Waals surface area contributed by atoms with E-state index in [0.29, 0.717) is 5.56 Å². The summed E-state index contributed by atoms with van der Waals surface area (Å²) in [6.07, 6.45) is 0. The summed E-state index contributed by atoms with van der Waals surface area (Å²) < 4.78 is 23.0. The topological polar surface area (TPSA) is 89.3 Å². The fourth-order valence-electron chi connectivity index (χ4n) is 1.80. The lowest BCUT2D eigenvalue weighted by Gasteiger charge is -2.17. The molecule has 0 heterocycles. The molecule has 0 bridgehead atoms. The van der Waals surface area contributed by atoms with Crippen molar-refractivity contribution in [2.75, 3.05) is 11.5 Å². The summed E-state index contributed by atoms with van der Waals surface area (Å²) in [6.45, 7) is 5.20. The zero-order valence-corrected chi connectivity index (χ0v) is 12.9. The minimum Gasteiger partial charge on any atom is -0.351 e. The van der Waals surface area contributed by atoms with Crippen molar-refractivity contribution < 1.29 is 13.2 Å². The number of hydrogen-bond donors (Lipinski definition) is 2. The Balaban J connectivity index is 2.64. The van der Waals surface area contributed by atoms with Crippen molar-refractivity contribution in [2.24, 2.45) is 5.73 Å². The van der Waals surface area contributed by atoms with E-state index in [1.165, 1.54) is 0 Å². The third kappa shape index (κ3) is 4.94. The van der Waals surface area contributed by atoms with E-state index in [-0.39, 0.29) is 17.4 Å². The second-order valence-corrected chi connectivity index (χ2v) is 7.39. The number of carbonyl (C=O) groups is 1. The van der Waals surface area contributed by atoms with Crippen LogP contribution in [0.2, 0.25) is 0 Å². The average molecular weight is 298 g/mol. The van der Waals surface area contributed by atoms with Gasteiger partial charge >= 0.3 is 0 Å². The lowest BCUT2D eigenvalue weighted by atomic mass is 10.1. The maximum Gasteiger partial charge on any atom is 0.241 e. The zero-order valence-electron chi connectivity index (χ0n) is 12.1. The van der Waals surface area contributed by atoms with Gasteiger partial charge in [-0.25, -0.2) is 8.42 Å². The van der Waals surface area contributed by atoms with Gasteiger partial charge in [0.05, 0.1) is 5.75 Å². The molecule has 2 unspecified atom stereocenters. The zero-order chi connectivity index (χ0) is 15.3. The average Bonchev–Trinajstić information content (AvgIpc) is 2.38. The Morgan fingerprint density at radius 2 is 1.85 bits per heavy atom. The number of benzene rings is 1. The van der Waals surface area contributed by atoms with Gasteiger partial charge in [-0.05, 0) is 19.4 Å². The molecular formula is C14H22N2O3S. The van der Waals surface area contributed by atoms with Crippen molar-refractivity contribution >= 4 is 15.7 Å². The highest BCUT2D eigenvalue weighted by Gasteiger charge is 2.20. The van der Waals surface area contributed by atoms with Gasteiger partial charge in [0.1, 0.15) is 6.04 Å². The molecule has 1 amide bonds. The second-order valence-electron chi connectivity index (χ2n) is 5.00. The number of hydrogen-bond acceptors (Lipinski definition) is 4. The molecule has 0 aliphatic rings. The minimum absolute atomic E-state index is 0.0667. The number of amides is 1. The molecule has 0 spiro atoms. The van der Waals surface area contributed by atoms with Crippen molar-refractivity contribution in [1.29, 1.82) is 0 Å². The molecule has 0 aromatic heterocycles. The monoisotopic (exact) mass is 298 g/mol. The Labute approximate surface area is 120 Å². The van der Waals surface area contributed by atoms with Crippen molar-refractivity contribution in [1.82, 2.24) is 5.32 Å². The molecule has 3 N–H and O–H groups in total. The van der Waals surface area contributed by atoms with E-state index >= 15 is 0 Å². The van der Waals surface area contributed by atoms with E-state index in [0.717, 1.165) is 5.56 Å². The first kappa shape index (κ1) is 16.7. The molecule has 0 aliphatic heterocycles. The van der Waals surface area contributed by atoms with E-state index in [9.17, 15) is 13.2 Å². The molecule has 6 heteroatoms. The molecule has 5 nitrogen and oxygen atoms in total. The number of rotatable bonds is 6. The highest BCUT2D eigenvalue weighted by molar-refractivity contribution is 7.91. The Bertz CT molecular complexity index is 552. The molecule has 112 valence electrons. The molecule has 0 saturated heterocycles. The molecule has 1 aromatic carbocycles. The first-order valence-corrected chi connectivity index (χ1v) is 8.40. The van der Waals surface area contributed by atoms with Crippen LogP contribution < -0.4 is 11.1 Å². The lowest BCUT2D eigenvalue weighted by molar-refractivity contribution is -0.122.